The molecule has 1 aromatic carbocycles. The first-order valence-corrected chi connectivity index (χ1v) is 5.28. The quantitative estimate of drug-likeness (QED) is 0.483. The van der Waals surface area contributed by atoms with E-state index in [4.69, 9.17) is 0 Å². The number of aliphatic hydroxyl groups is 1. The number of hydrogen-bond donors (Lipinski definition) is 1. The largest absolute Gasteiger partial charge is 0.388 e. The SMILES string of the molecule is C=C/C=C/C(C)C(O)c1ccc([N+](=O)[O-])cc1. The molecule has 4 nitrogen and oxygen atoms in total. The van der Waals surface area contributed by atoms with Gasteiger partial charge in [-0.2, -0.15) is 0 Å². The molecule has 0 aliphatic rings. The lowest BCUT2D eigenvalue weighted by Crippen LogP contribution is -2.06. The lowest BCUT2D eigenvalue weighted by atomic mass is 9.97. The Morgan fingerprint density at radius 1 is 1.41 bits per heavy atom. The fraction of sp³-hybridized carbons (Fsp3) is 0.231. The molecule has 0 radical (unpaired) electrons. The van der Waals surface area contributed by atoms with Crippen LogP contribution in [-0.4, -0.2) is 10.0 Å². The molecule has 0 bridgehead atoms. The first-order valence-electron chi connectivity index (χ1n) is 5.28. The molecule has 0 aromatic heterocycles. The average molecular weight is 233 g/mol. The molecule has 1 aromatic rings. The van der Waals surface area contributed by atoms with Crippen LogP contribution in [0.25, 0.3) is 0 Å². The normalized spacial score (nSPS) is 14.5. The van der Waals surface area contributed by atoms with E-state index in [9.17, 15) is 15.2 Å². The molecule has 0 saturated carbocycles. The van der Waals surface area contributed by atoms with Gasteiger partial charge in [-0.25, -0.2) is 0 Å². The molecule has 0 aliphatic carbocycles. The van der Waals surface area contributed by atoms with Crippen molar-refractivity contribution >= 4 is 5.69 Å². The standard InChI is InChI=1S/C13H15NO3/c1-3-4-5-10(2)13(15)11-6-8-12(9-7-11)14(16)17/h3-10,13,15H,1H2,2H3/b5-4+. The zero-order chi connectivity index (χ0) is 12.8. The number of aliphatic hydroxyl groups excluding tert-OH is 1. The van der Waals surface area contributed by atoms with Crippen molar-refractivity contribution in [3.8, 4) is 0 Å². The van der Waals surface area contributed by atoms with Crippen LogP contribution >= 0.6 is 0 Å². The van der Waals surface area contributed by atoms with Crippen molar-refractivity contribution in [3.05, 3.63) is 64.8 Å². The molecular weight excluding hydrogens is 218 g/mol. The van der Waals surface area contributed by atoms with Gasteiger partial charge in [-0.15, -0.1) is 0 Å². The van der Waals surface area contributed by atoms with Gasteiger partial charge in [-0.05, 0) is 17.7 Å². The third-order valence-electron chi connectivity index (χ3n) is 2.49. The van der Waals surface area contributed by atoms with Gasteiger partial charge in [0.1, 0.15) is 0 Å². The highest BCUT2D eigenvalue weighted by Crippen LogP contribution is 2.24. The number of non-ortho nitro benzene ring substituents is 1. The van der Waals surface area contributed by atoms with Crippen molar-refractivity contribution in [2.45, 2.75) is 13.0 Å². The van der Waals surface area contributed by atoms with E-state index in [0.29, 0.717) is 5.56 Å². The summed E-state index contributed by atoms with van der Waals surface area (Å²) in [6, 6.07) is 5.92. The van der Waals surface area contributed by atoms with Crippen molar-refractivity contribution < 1.29 is 10.0 Å². The van der Waals surface area contributed by atoms with Crippen LogP contribution in [0.2, 0.25) is 0 Å². The number of hydrogen-bond acceptors (Lipinski definition) is 3. The van der Waals surface area contributed by atoms with E-state index >= 15 is 0 Å². The van der Waals surface area contributed by atoms with Crippen LogP contribution in [0.5, 0.6) is 0 Å². The van der Waals surface area contributed by atoms with E-state index in [1.54, 1.807) is 24.3 Å². The molecule has 0 heterocycles. The molecule has 0 aliphatic heterocycles. The van der Waals surface area contributed by atoms with Crippen LogP contribution in [0.3, 0.4) is 0 Å². The van der Waals surface area contributed by atoms with Gasteiger partial charge in [-0.1, -0.05) is 31.7 Å². The maximum absolute atomic E-state index is 10.5. The second-order valence-electron chi connectivity index (χ2n) is 3.77. The number of rotatable bonds is 5. The summed E-state index contributed by atoms with van der Waals surface area (Å²) in [6.07, 6.45) is 4.56. The Labute approximate surface area is 100 Å². The summed E-state index contributed by atoms with van der Waals surface area (Å²) < 4.78 is 0. The Morgan fingerprint density at radius 2 is 2.00 bits per heavy atom. The van der Waals surface area contributed by atoms with Crippen molar-refractivity contribution in [2.24, 2.45) is 5.92 Å². The minimum absolute atomic E-state index is 0.0234. The summed E-state index contributed by atoms with van der Waals surface area (Å²) in [5.41, 5.74) is 0.687. The van der Waals surface area contributed by atoms with Gasteiger partial charge in [-0.3, -0.25) is 10.1 Å². The molecule has 0 spiro atoms. The highest BCUT2D eigenvalue weighted by molar-refractivity contribution is 5.34. The molecule has 90 valence electrons. The Kier molecular flexibility index (Phi) is 4.60. The average Bonchev–Trinajstić information content (AvgIpc) is 2.35. The summed E-state index contributed by atoms with van der Waals surface area (Å²) in [4.78, 5) is 10.0. The summed E-state index contributed by atoms with van der Waals surface area (Å²) >= 11 is 0. The van der Waals surface area contributed by atoms with Gasteiger partial charge < -0.3 is 5.11 Å². The predicted octanol–water partition coefficient (Wildman–Crippen LogP) is 3.01. The summed E-state index contributed by atoms with van der Waals surface area (Å²) in [5.74, 6) is -0.0746. The van der Waals surface area contributed by atoms with Crippen LogP contribution in [0.1, 0.15) is 18.6 Å². The van der Waals surface area contributed by atoms with Crippen LogP contribution in [0.15, 0.2) is 49.1 Å². The van der Waals surface area contributed by atoms with Crippen molar-refractivity contribution in [3.63, 3.8) is 0 Å². The van der Waals surface area contributed by atoms with E-state index in [2.05, 4.69) is 6.58 Å². The van der Waals surface area contributed by atoms with Gasteiger partial charge in [0.2, 0.25) is 0 Å². The molecule has 1 rings (SSSR count). The fourth-order valence-corrected chi connectivity index (χ4v) is 1.46. The monoisotopic (exact) mass is 233 g/mol. The number of benzene rings is 1. The zero-order valence-corrected chi connectivity index (χ0v) is 9.61. The lowest BCUT2D eigenvalue weighted by Gasteiger charge is -2.15. The minimum atomic E-state index is -0.674. The summed E-state index contributed by atoms with van der Waals surface area (Å²) in [5, 5.41) is 20.5. The smallest absolute Gasteiger partial charge is 0.269 e. The number of nitro benzene ring substituents is 1. The molecule has 4 heteroatoms. The minimum Gasteiger partial charge on any atom is -0.388 e. The number of nitrogens with zero attached hydrogens (tertiary/aromatic N) is 1. The van der Waals surface area contributed by atoms with Gasteiger partial charge in [0.15, 0.2) is 0 Å². The Bertz CT molecular complexity index is 423. The number of allylic oxidation sites excluding steroid dienone is 2. The van der Waals surface area contributed by atoms with E-state index in [1.807, 2.05) is 13.0 Å². The van der Waals surface area contributed by atoms with Crippen LogP contribution in [0, 0.1) is 16.0 Å². The highest BCUT2D eigenvalue weighted by atomic mass is 16.6. The van der Waals surface area contributed by atoms with Gasteiger partial charge in [0.25, 0.3) is 5.69 Å². The molecule has 2 unspecified atom stereocenters. The highest BCUT2D eigenvalue weighted by Gasteiger charge is 2.14. The Balaban J connectivity index is 2.82. The van der Waals surface area contributed by atoms with E-state index < -0.39 is 11.0 Å². The molecule has 17 heavy (non-hydrogen) atoms. The molecular formula is C13H15NO3. The summed E-state index contributed by atoms with van der Waals surface area (Å²) in [6.45, 7) is 5.42. The summed E-state index contributed by atoms with van der Waals surface area (Å²) in [7, 11) is 0. The molecule has 1 N–H and O–H groups in total. The third kappa shape index (κ3) is 3.53. The lowest BCUT2D eigenvalue weighted by molar-refractivity contribution is -0.384. The second kappa shape index (κ2) is 5.96. The van der Waals surface area contributed by atoms with Gasteiger partial charge in [0.05, 0.1) is 11.0 Å². The maximum Gasteiger partial charge on any atom is 0.269 e. The van der Waals surface area contributed by atoms with Crippen LogP contribution in [0.4, 0.5) is 5.69 Å². The Hall–Kier alpha value is -1.94. The fourth-order valence-electron chi connectivity index (χ4n) is 1.46. The maximum atomic E-state index is 10.5. The zero-order valence-electron chi connectivity index (χ0n) is 9.61. The first-order chi connectivity index (χ1) is 8.06. The van der Waals surface area contributed by atoms with Crippen LogP contribution < -0.4 is 0 Å². The molecule has 0 saturated heterocycles. The van der Waals surface area contributed by atoms with Crippen molar-refractivity contribution in [1.82, 2.24) is 0 Å². The Morgan fingerprint density at radius 3 is 2.47 bits per heavy atom. The van der Waals surface area contributed by atoms with E-state index in [1.165, 1.54) is 12.1 Å². The number of nitro groups is 1. The molecule has 0 fully saturated rings. The van der Waals surface area contributed by atoms with Crippen molar-refractivity contribution in [2.75, 3.05) is 0 Å². The topological polar surface area (TPSA) is 63.4 Å². The van der Waals surface area contributed by atoms with Crippen LogP contribution in [-0.2, 0) is 0 Å². The molecule has 2 atom stereocenters. The van der Waals surface area contributed by atoms with E-state index in [0.717, 1.165) is 0 Å². The molecule has 0 amide bonds. The van der Waals surface area contributed by atoms with E-state index in [-0.39, 0.29) is 11.6 Å². The predicted molar refractivity (Wildman–Crippen MR) is 66.6 cm³/mol. The van der Waals surface area contributed by atoms with Crippen molar-refractivity contribution in [1.29, 1.82) is 0 Å². The van der Waals surface area contributed by atoms with Gasteiger partial charge >= 0.3 is 0 Å². The first kappa shape index (κ1) is 13.1. The second-order valence-corrected chi connectivity index (χ2v) is 3.77. The third-order valence-corrected chi connectivity index (χ3v) is 2.49. The van der Waals surface area contributed by atoms with Gasteiger partial charge in [0, 0.05) is 18.1 Å².